The van der Waals surface area contributed by atoms with Crippen molar-refractivity contribution in [2.45, 2.75) is 33.7 Å². The second kappa shape index (κ2) is 8.26. The first-order chi connectivity index (χ1) is 12.9. The molecule has 0 aliphatic carbocycles. The highest BCUT2D eigenvalue weighted by Crippen LogP contribution is 2.31. The van der Waals surface area contributed by atoms with E-state index in [0.29, 0.717) is 0 Å². The van der Waals surface area contributed by atoms with Gasteiger partial charge in [0.2, 0.25) is 5.91 Å². The molecule has 27 heavy (non-hydrogen) atoms. The van der Waals surface area contributed by atoms with E-state index in [1.165, 1.54) is 6.92 Å². The molecule has 0 aromatic carbocycles. The molecule has 3 rings (SSSR count). The third-order valence-corrected chi connectivity index (χ3v) is 5.09. The number of amides is 1. The number of nitrogens with one attached hydrogen (secondary N) is 2. The van der Waals surface area contributed by atoms with Gasteiger partial charge in [0.1, 0.15) is 16.6 Å². The van der Waals surface area contributed by atoms with Gasteiger partial charge in [-0.2, -0.15) is 0 Å². The highest BCUT2D eigenvalue weighted by atomic mass is 32.1. The van der Waals surface area contributed by atoms with Crippen molar-refractivity contribution in [2.24, 2.45) is 5.92 Å². The van der Waals surface area contributed by atoms with Gasteiger partial charge in [0.05, 0.1) is 16.6 Å². The minimum atomic E-state index is -0.0981. The molecule has 0 unspecified atom stereocenters. The smallest absolute Gasteiger partial charge is 0.217 e. The van der Waals surface area contributed by atoms with Crippen LogP contribution in [0.2, 0.25) is 0 Å². The first-order valence-corrected chi connectivity index (χ1v) is 9.64. The quantitative estimate of drug-likeness (QED) is 0.658. The van der Waals surface area contributed by atoms with Gasteiger partial charge in [-0.1, -0.05) is 19.9 Å². The van der Waals surface area contributed by atoms with E-state index >= 15 is 0 Å². The number of pyridine rings is 2. The van der Waals surface area contributed by atoms with E-state index in [0.717, 1.165) is 32.8 Å². The van der Waals surface area contributed by atoms with Gasteiger partial charge < -0.3 is 10.6 Å². The highest BCUT2D eigenvalue weighted by Gasteiger charge is 2.21. The zero-order valence-electron chi connectivity index (χ0n) is 15.9. The average Bonchev–Trinajstić information content (AvgIpc) is 3.09. The van der Waals surface area contributed by atoms with Crippen LogP contribution < -0.4 is 10.6 Å². The van der Waals surface area contributed by atoms with Gasteiger partial charge in [0.15, 0.2) is 0 Å². The Hall–Kier alpha value is -2.80. The summed E-state index contributed by atoms with van der Waals surface area (Å²) in [5.41, 5.74) is 1.97. The summed E-state index contributed by atoms with van der Waals surface area (Å²) in [5.74, 6) is 1.68. The van der Waals surface area contributed by atoms with Crippen molar-refractivity contribution < 1.29 is 4.79 Å². The lowest BCUT2D eigenvalue weighted by molar-refractivity contribution is -0.120. The second-order valence-corrected chi connectivity index (χ2v) is 7.80. The molecule has 7 heteroatoms. The average molecular weight is 382 g/mol. The zero-order valence-corrected chi connectivity index (χ0v) is 16.7. The van der Waals surface area contributed by atoms with Crippen LogP contribution in [0.3, 0.4) is 0 Å². The minimum absolute atomic E-state index is 0.0552. The Bertz CT molecular complexity index is 937. The van der Waals surface area contributed by atoms with Crippen LogP contribution in [0.1, 0.15) is 37.4 Å². The molecule has 0 saturated heterocycles. The molecule has 140 valence electrons. The monoisotopic (exact) mass is 381 g/mol. The van der Waals surface area contributed by atoms with E-state index in [2.05, 4.69) is 39.4 Å². The lowest BCUT2D eigenvalue weighted by Gasteiger charge is -2.18. The number of thiazole rings is 1. The summed E-state index contributed by atoms with van der Waals surface area (Å²) >= 11 is 1.55. The van der Waals surface area contributed by atoms with Gasteiger partial charge in [-0.25, -0.2) is 15.0 Å². The highest BCUT2D eigenvalue weighted by molar-refractivity contribution is 7.15. The maximum absolute atomic E-state index is 11.5. The topological polar surface area (TPSA) is 79.8 Å². The SMILES string of the molecule is CC(=O)N[C@H](c1ncc(-c2cccc(Nc3cc(C)ccn3)n2)s1)C(C)C. The van der Waals surface area contributed by atoms with Crippen molar-refractivity contribution in [3.8, 4) is 10.6 Å². The van der Waals surface area contributed by atoms with Crippen molar-refractivity contribution in [2.75, 3.05) is 5.32 Å². The third-order valence-electron chi connectivity index (χ3n) is 3.99. The number of carbonyl (C=O) groups is 1. The molecule has 0 saturated carbocycles. The minimum Gasteiger partial charge on any atom is -0.347 e. The standard InChI is InChI=1S/C20H23N5OS/c1-12(2)19(23-14(4)26)20-22-11-16(27-20)15-6-5-7-17(24-15)25-18-10-13(3)8-9-21-18/h5-12,19H,1-4H3,(H,23,26)(H,21,24,25)/t19-/m0/s1. The van der Waals surface area contributed by atoms with Gasteiger partial charge in [-0.05, 0) is 42.7 Å². The second-order valence-electron chi connectivity index (χ2n) is 6.74. The maximum atomic E-state index is 11.5. The van der Waals surface area contributed by atoms with Gasteiger partial charge in [0.25, 0.3) is 0 Å². The first-order valence-electron chi connectivity index (χ1n) is 8.82. The number of aromatic nitrogens is 3. The van der Waals surface area contributed by atoms with E-state index in [9.17, 15) is 4.79 Å². The maximum Gasteiger partial charge on any atom is 0.217 e. The molecule has 0 radical (unpaired) electrons. The molecule has 0 fully saturated rings. The van der Waals surface area contributed by atoms with Crippen LogP contribution in [0.4, 0.5) is 11.6 Å². The summed E-state index contributed by atoms with van der Waals surface area (Å²) in [6.07, 6.45) is 3.58. The lowest BCUT2D eigenvalue weighted by Crippen LogP contribution is -2.29. The summed E-state index contributed by atoms with van der Waals surface area (Å²) in [4.78, 5) is 26.0. The van der Waals surface area contributed by atoms with Crippen molar-refractivity contribution in [3.63, 3.8) is 0 Å². The number of nitrogens with zero attached hydrogens (tertiary/aromatic N) is 3. The van der Waals surface area contributed by atoms with Crippen molar-refractivity contribution >= 4 is 28.9 Å². The van der Waals surface area contributed by atoms with Crippen LogP contribution in [0.5, 0.6) is 0 Å². The predicted octanol–water partition coefficient (Wildman–Crippen LogP) is 4.49. The number of hydrogen-bond acceptors (Lipinski definition) is 6. The zero-order chi connectivity index (χ0) is 19.4. The Morgan fingerprint density at radius 1 is 1.15 bits per heavy atom. The number of aryl methyl sites for hydroxylation is 1. The summed E-state index contributed by atoms with van der Waals surface area (Å²) < 4.78 is 0. The molecule has 1 amide bonds. The Labute approximate surface area is 163 Å². The Kier molecular flexibility index (Phi) is 5.81. The molecule has 0 bridgehead atoms. The fourth-order valence-electron chi connectivity index (χ4n) is 2.66. The molecule has 0 aliphatic rings. The van der Waals surface area contributed by atoms with Crippen LogP contribution in [-0.4, -0.2) is 20.9 Å². The lowest BCUT2D eigenvalue weighted by atomic mass is 10.1. The molecular formula is C20H23N5OS. The number of carbonyl (C=O) groups excluding carboxylic acids is 1. The van der Waals surface area contributed by atoms with E-state index in [4.69, 9.17) is 0 Å². The van der Waals surface area contributed by atoms with Crippen LogP contribution in [0, 0.1) is 12.8 Å². The van der Waals surface area contributed by atoms with E-state index in [-0.39, 0.29) is 17.9 Å². The van der Waals surface area contributed by atoms with Crippen molar-refractivity contribution in [1.29, 1.82) is 0 Å². The number of rotatable bonds is 6. The molecule has 6 nitrogen and oxygen atoms in total. The van der Waals surface area contributed by atoms with Crippen LogP contribution >= 0.6 is 11.3 Å². The first kappa shape index (κ1) is 19.0. The number of hydrogen-bond donors (Lipinski definition) is 2. The Morgan fingerprint density at radius 2 is 1.96 bits per heavy atom. The summed E-state index contributed by atoms with van der Waals surface area (Å²) in [7, 11) is 0. The van der Waals surface area contributed by atoms with Crippen molar-refractivity contribution in [3.05, 3.63) is 53.3 Å². The molecule has 2 N–H and O–H groups in total. The molecule has 3 aromatic rings. The normalized spacial score (nSPS) is 12.0. The van der Waals surface area contributed by atoms with Crippen LogP contribution in [-0.2, 0) is 4.79 Å². The Balaban J connectivity index is 1.83. The summed E-state index contributed by atoms with van der Waals surface area (Å²) in [5, 5.41) is 7.10. The Morgan fingerprint density at radius 3 is 2.67 bits per heavy atom. The third kappa shape index (κ3) is 4.89. The van der Waals surface area contributed by atoms with Gasteiger partial charge in [-0.3, -0.25) is 4.79 Å². The fourth-order valence-corrected chi connectivity index (χ4v) is 3.77. The van der Waals surface area contributed by atoms with E-state index in [1.807, 2.05) is 43.5 Å². The van der Waals surface area contributed by atoms with E-state index < -0.39 is 0 Å². The summed E-state index contributed by atoms with van der Waals surface area (Å²) in [6, 6.07) is 9.64. The fraction of sp³-hybridized carbons (Fsp3) is 0.300. The van der Waals surface area contributed by atoms with E-state index in [1.54, 1.807) is 17.5 Å². The van der Waals surface area contributed by atoms with Crippen molar-refractivity contribution in [1.82, 2.24) is 20.3 Å². The number of anilines is 2. The molecule has 3 aromatic heterocycles. The molecular weight excluding hydrogens is 358 g/mol. The van der Waals surface area contributed by atoms with Gasteiger partial charge in [0, 0.05) is 19.3 Å². The molecule has 0 aliphatic heterocycles. The molecule has 1 atom stereocenters. The summed E-state index contributed by atoms with van der Waals surface area (Å²) in [6.45, 7) is 7.69. The van der Waals surface area contributed by atoms with Crippen LogP contribution in [0.25, 0.3) is 10.6 Å². The molecule has 3 heterocycles. The van der Waals surface area contributed by atoms with Gasteiger partial charge in [-0.15, -0.1) is 11.3 Å². The molecule has 0 spiro atoms. The largest absolute Gasteiger partial charge is 0.347 e. The van der Waals surface area contributed by atoms with Gasteiger partial charge >= 0.3 is 0 Å². The predicted molar refractivity (Wildman–Crippen MR) is 109 cm³/mol. The van der Waals surface area contributed by atoms with Crippen LogP contribution in [0.15, 0.2) is 42.7 Å².